The number of methoxy groups -OCH3 is 1. The molecule has 1 saturated heterocycles. The molecule has 0 aromatic heterocycles. The van der Waals surface area contributed by atoms with Crippen LogP contribution in [0.4, 0.5) is 5.69 Å². The Bertz CT molecular complexity index is 779. The zero-order chi connectivity index (χ0) is 18.8. The highest BCUT2D eigenvalue weighted by atomic mass is 32.2. The fraction of sp³-hybridized carbons (Fsp3) is 0.375. The van der Waals surface area contributed by atoms with E-state index in [1.54, 1.807) is 0 Å². The highest BCUT2D eigenvalue weighted by Crippen LogP contribution is 2.39. The fourth-order valence-electron chi connectivity index (χ4n) is 2.78. The lowest BCUT2D eigenvalue weighted by atomic mass is 10.0. The van der Waals surface area contributed by atoms with Gasteiger partial charge in [-0.15, -0.1) is 11.8 Å². The first kappa shape index (κ1) is 18.4. The van der Waals surface area contributed by atoms with Crippen molar-refractivity contribution in [2.75, 3.05) is 19.5 Å². The molecule has 9 nitrogen and oxygen atoms in total. The molecule has 138 valence electrons. The van der Waals surface area contributed by atoms with Crippen molar-refractivity contribution in [2.45, 2.75) is 18.0 Å². The van der Waals surface area contributed by atoms with E-state index in [1.807, 2.05) is 0 Å². The van der Waals surface area contributed by atoms with Crippen LogP contribution in [-0.4, -0.2) is 52.6 Å². The minimum atomic E-state index is -0.638. The maximum absolute atomic E-state index is 12.6. The monoisotopic (exact) mass is 379 g/mol. The number of non-ortho nitro benzene ring substituents is 1. The third kappa shape index (κ3) is 3.30. The van der Waals surface area contributed by atoms with E-state index in [-0.39, 0.29) is 35.9 Å². The standard InChI is InChI=1S/C16H17N3O6S/c1-24-7-10-8-26-15-12(17)14(20)18(15)13(10)16(21)25-6-9-2-4-11(5-3-9)19(22)23/h2-5,12,15H,6-8,17H2,1H3/t12-,15+/m1/s1. The molecule has 0 aliphatic carbocycles. The van der Waals surface area contributed by atoms with Gasteiger partial charge in [0.15, 0.2) is 0 Å². The Hall–Kier alpha value is -2.43. The molecule has 2 heterocycles. The number of esters is 1. The third-order valence-electron chi connectivity index (χ3n) is 4.12. The molecule has 2 aliphatic rings. The van der Waals surface area contributed by atoms with Crippen LogP contribution in [0.5, 0.6) is 0 Å². The Labute approximate surface area is 153 Å². The number of hydrogen-bond acceptors (Lipinski definition) is 8. The van der Waals surface area contributed by atoms with Crippen molar-refractivity contribution in [3.05, 3.63) is 51.2 Å². The molecule has 1 fully saturated rings. The second kappa shape index (κ2) is 7.44. The maximum atomic E-state index is 12.6. The SMILES string of the molecule is COCC1=C(C(=O)OCc2ccc([N+](=O)[O-])cc2)N2C(=O)[C@@H](N)[C@@H]2SC1. The predicted molar refractivity (Wildman–Crippen MR) is 92.9 cm³/mol. The van der Waals surface area contributed by atoms with E-state index in [4.69, 9.17) is 15.2 Å². The van der Waals surface area contributed by atoms with Gasteiger partial charge in [-0.3, -0.25) is 19.8 Å². The largest absolute Gasteiger partial charge is 0.456 e. The van der Waals surface area contributed by atoms with E-state index in [9.17, 15) is 19.7 Å². The van der Waals surface area contributed by atoms with Gasteiger partial charge in [0.05, 0.1) is 11.5 Å². The minimum Gasteiger partial charge on any atom is -0.456 e. The molecule has 2 atom stereocenters. The lowest BCUT2D eigenvalue weighted by molar-refractivity contribution is -0.384. The summed E-state index contributed by atoms with van der Waals surface area (Å²) in [6.07, 6.45) is 0. The number of carbonyl (C=O) groups is 2. The van der Waals surface area contributed by atoms with Gasteiger partial charge in [0.25, 0.3) is 5.69 Å². The molecule has 0 unspecified atom stereocenters. The number of thioether (sulfide) groups is 1. The summed E-state index contributed by atoms with van der Waals surface area (Å²) in [6, 6.07) is 5.08. The first-order valence-corrected chi connectivity index (χ1v) is 8.80. The number of ether oxygens (including phenoxy) is 2. The number of carbonyl (C=O) groups excluding carboxylic acids is 2. The van der Waals surface area contributed by atoms with Crippen molar-refractivity contribution in [3.8, 4) is 0 Å². The summed E-state index contributed by atoms with van der Waals surface area (Å²) in [4.78, 5) is 36.2. The molecule has 1 amide bonds. The smallest absolute Gasteiger partial charge is 0.355 e. The first-order chi connectivity index (χ1) is 12.4. The molecule has 26 heavy (non-hydrogen) atoms. The molecule has 0 bridgehead atoms. The minimum absolute atomic E-state index is 0.0440. The summed E-state index contributed by atoms with van der Waals surface area (Å²) in [5.41, 5.74) is 7.20. The number of nitrogens with two attached hydrogens (primary N) is 1. The van der Waals surface area contributed by atoms with Crippen LogP contribution in [0.3, 0.4) is 0 Å². The second-order valence-corrected chi connectivity index (χ2v) is 6.93. The molecule has 2 aliphatic heterocycles. The maximum Gasteiger partial charge on any atom is 0.355 e. The molecule has 1 aromatic rings. The number of fused-ring (bicyclic) bond motifs is 1. The second-order valence-electron chi connectivity index (χ2n) is 5.82. The van der Waals surface area contributed by atoms with E-state index >= 15 is 0 Å². The Morgan fingerprint density at radius 1 is 1.38 bits per heavy atom. The van der Waals surface area contributed by atoms with E-state index in [1.165, 1.54) is 48.0 Å². The number of benzene rings is 1. The molecular formula is C16H17N3O6S. The van der Waals surface area contributed by atoms with E-state index in [0.717, 1.165) is 0 Å². The van der Waals surface area contributed by atoms with Crippen LogP contribution >= 0.6 is 11.8 Å². The Kier molecular flexibility index (Phi) is 5.25. The average molecular weight is 379 g/mol. The summed E-state index contributed by atoms with van der Waals surface area (Å²) in [5.74, 6) is -0.433. The molecule has 1 aromatic carbocycles. The normalized spacial score (nSPS) is 21.9. The number of amides is 1. The van der Waals surface area contributed by atoms with Gasteiger partial charge in [0.1, 0.15) is 23.7 Å². The molecule has 10 heteroatoms. The summed E-state index contributed by atoms with van der Waals surface area (Å²) in [6.45, 7) is 0.146. The molecule has 3 rings (SSSR count). The predicted octanol–water partition coefficient (Wildman–Crippen LogP) is 0.781. The zero-order valence-corrected chi connectivity index (χ0v) is 14.7. The van der Waals surface area contributed by atoms with Crippen molar-refractivity contribution < 1.29 is 24.0 Å². The van der Waals surface area contributed by atoms with Crippen LogP contribution in [0.25, 0.3) is 0 Å². The van der Waals surface area contributed by atoms with E-state index < -0.39 is 16.9 Å². The van der Waals surface area contributed by atoms with Crippen LogP contribution < -0.4 is 5.73 Å². The summed E-state index contributed by atoms with van der Waals surface area (Å²) >= 11 is 1.48. The Morgan fingerprint density at radius 2 is 2.08 bits per heavy atom. The van der Waals surface area contributed by atoms with Crippen molar-refractivity contribution in [1.29, 1.82) is 0 Å². The highest BCUT2D eigenvalue weighted by molar-refractivity contribution is 8.00. The molecular weight excluding hydrogens is 362 g/mol. The van der Waals surface area contributed by atoms with Crippen LogP contribution in [-0.2, 0) is 25.7 Å². The molecule has 0 spiro atoms. The number of rotatable bonds is 6. The third-order valence-corrected chi connectivity index (χ3v) is 5.48. The molecule has 2 N–H and O–H groups in total. The number of β-lactam (4-membered cyclic amide) rings is 1. The van der Waals surface area contributed by atoms with Gasteiger partial charge < -0.3 is 15.2 Å². The molecule has 0 saturated carbocycles. The van der Waals surface area contributed by atoms with Crippen molar-refractivity contribution in [2.24, 2.45) is 5.73 Å². The number of nitro groups is 1. The van der Waals surface area contributed by atoms with Gasteiger partial charge in [-0.2, -0.15) is 0 Å². The van der Waals surface area contributed by atoms with Crippen molar-refractivity contribution >= 4 is 29.3 Å². The Balaban J connectivity index is 1.73. The fourth-order valence-corrected chi connectivity index (χ4v) is 4.06. The van der Waals surface area contributed by atoms with Gasteiger partial charge >= 0.3 is 5.97 Å². The zero-order valence-electron chi connectivity index (χ0n) is 13.9. The Morgan fingerprint density at radius 3 is 2.69 bits per heavy atom. The lowest BCUT2D eigenvalue weighted by Crippen LogP contribution is -2.68. The molecule has 0 radical (unpaired) electrons. The highest BCUT2D eigenvalue weighted by Gasteiger charge is 2.52. The van der Waals surface area contributed by atoms with E-state index in [0.29, 0.717) is 16.9 Å². The van der Waals surface area contributed by atoms with Gasteiger partial charge in [-0.25, -0.2) is 4.79 Å². The van der Waals surface area contributed by atoms with Crippen LogP contribution in [0.15, 0.2) is 35.5 Å². The van der Waals surface area contributed by atoms with Gasteiger partial charge in [0.2, 0.25) is 5.91 Å². The summed E-state index contributed by atoms with van der Waals surface area (Å²) in [5, 5.41) is 10.4. The number of nitro benzene ring substituents is 1. The van der Waals surface area contributed by atoms with Gasteiger partial charge in [-0.05, 0) is 23.3 Å². The first-order valence-electron chi connectivity index (χ1n) is 7.75. The van der Waals surface area contributed by atoms with Crippen LogP contribution in [0, 0.1) is 10.1 Å². The quantitative estimate of drug-likeness (QED) is 0.333. The van der Waals surface area contributed by atoms with Crippen LogP contribution in [0.1, 0.15) is 5.56 Å². The number of nitrogens with zero attached hydrogens (tertiary/aromatic N) is 2. The van der Waals surface area contributed by atoms with Gasteiger partial charge in [0, 0.05) is 25.0 Å². The lowest BCUT2D eigenvalue weighted by Gasteiger charge is -2.48. The van der Waals surface area contributed by atoms with Crippen molar-refractivity contribution in [3.63, 3.8) is 0 Å². The van der Waals surface area contributed by atoms with Crippen LogP contribution in [0.2, 0.25) is 0 Å². The topological polar surface area (TPSA) is 125 Å². The summed E-state index contributed by atoms with van der Waals surface area (Å²) < 4.78 is 10.4. The van der Waals surface area contributed by atoms with Crippen molar-refractivity contribution in [1.82, 2.24) is 4.90 Å². The number of hydrogen-bond donors (Lipinski definition) is 1. The van der Waals surface area contributed by atoms with E-state index in [2.05, 4.69) is 0 Å². The summed E-state index contributed by atoms with van der Waals surface area (Å²) in [7, 11) is 1.51. The average Bonchev–Trinajstić information content (AvgIpc) is 2.65. The van der Waals surface area contributed by atoms with Gasteiger partial charge in [-0.1, -0.05) is 0 Å².